The maximum atomic E-state index is 9.37. The number of hydrogen-bond donors (Lipinski definition) is 2. The van der Waals surface area contributed by atoms with Crippen LogP contribution in [-0.2, 0) is 14.2 Å². The lowest BCUT2D eigenvalue weighted by Gasteiger charge is -2.36. The molecule has 1 saturated heterocycles. The van der Waals surface area contributed by atoms with Gasteiger partial charge in [-0.2, -0.15) is 0 Å². The Bertz CT molecular complexity index is 198. The molecule has 2 N–H and O–H groups in total. The first-order chi connectivity index (χ1) is 7.53. The van der Waals surface area contributed by atoms with Crippen molar-refractivity contribution in [3.63, 3.8) is 0 Å². The third-order valence-corrected chi connectivity index (χ3v) is 2.38. The molecular weight excluding hydrogens is 210 g/mol. The summed E-state index contributed by atoms with van der Waals surface area (Å²) in [5, 5.41) is 12.7. The van der Waals surface area contributed by atoms with Crippen LogP contribution < -0.4 is 5.32 Å². The van der Waals surface area contributed by atoms with Gasteiger partial charge in [0.1, 0.15) is 6.10 Å². The van der Waals surface area contributed by atoms with E-state index in [0.717, 1.165) is 13.1 Å². The highest BCUT2D eigenvalue weighted by molar-refractivity contribution is 4.81. The summed E-state index contributed by atoms with van der Waals surface area (Å²) in [4.78, 5) is 0. The number of hydrogen-bond acceptors (Lipinski definition) is 5. The molecule has 0 aromatic heterocycles. The van der Waals surface area contributed by atoms with E-state index in [1.165, 1.54) is 0 Å². The van der Waals surface area contributed by atoms with Gasteiger partial charge in [0.05, 0.1) is 31.5 Å². The predicted octanol–water partition coefficient (Wildman–Crippen LogP) is -0.223. The smallest absolute Gasteiger partial charge is 0.101 e. The fraction of sp³-hybridized carbons (Fsp3) is 1.00. The zero-order valence-corrected chi connectivity index (χ0v) is 10.4. The van der Waals surface area contributed by atoms with Crippen LogP contribution in [0.2, 0.25) is 0 Å². The van der Waals surface area contributed by atoms with Crippen molar-refractivity contribution < 1.29 is 19.3 Å². The molecule has 2 atom stereocenters. The van der Waals surface area contributed by atoms with Gasteiger partial charge in [0, 0.05) is 20.2 Å². The topological polar surface area (TPSA) is 60.0 Å². The molecule has 0 aromatic carbocycles. The normalized spacial score (nSPS) is 26.6. The Morgan fingerprint density at radius 3 is 2.88 bits per heavy atom. The van der Waals surface area contributed by atoms with Crippen LogP contribution in [0.1, 0.15) is 13.8 Å². The molecule has 0 amide bonds. The summed E-state index contributed by atoms with van der Waals surface area (Å²) in [6.45, 7) is 6.83. The van der Waals surface area contributed by atoms with Gasteiger partial charge in [-0.3, -0.25) is 0 Å². The van der Waals surface area contributed by atoms with E-state index >= 15 is 0 Å². The molecule has 5 nitrogen and oxygen atoms in total. The van der Waals surface area contributed by atoms with E-state index in [1.54, 1.807) is 7.11 Å². The molecule has 1 heterocycles. The zero-order chi connectivity index (χ0) is 12.0. The average Bonchev–Trinajstić information content (AvgIpc) is 2.16. The fourth-order valence-corrected chi connectivity index (χ4v) is 1.74. The second-order valence-corrected chi connectivity index (χ2v) is 4.78. The lowest BCUT2D eigenvalue weighted by Crippen LogP contribution is -2.52. The molecule has 0 aliphatic carbocycles. The maximum absolute atomic E-state index is 9.37. The van der Waals surface area contributed by atoms with Crippen LogP contribution in [0.25, 0.3) is 0 Å². The second kappa shape index (κ2) is 6.51. The minimum Gasteiger partial charge on any atom is -0.388 e. The Labute approximate surface area is 97.1 Å². The standard InChI is InChI=1S/C11H23NO4/c1-11(2)8-12-4-10(16-11)7-15-6-9(13)5-14-3/h9-10,12-13H,4-8H2,1-3H3. The highest BCUT2D eigenvalue weighted by Gasteiger charge is 2.28. The summed E-state index contributed by atoms with van der Waals surface area (Å²) in [6.07, 6.45) is -0.506. The maximum Gasteiger partial charge on any atom is 0.101 e. The van der Waals surface area contributed by atoms with Gasteiger partial charge in [0.2, 0.25) is 0 Å². The molecule has 0 radical (unpaired) electrons. The predicted molar refractivity (Wildman–Crippen MR) is 60.5 cm³/mol. The number of nitrogens with one attached hydrogen (secondary N) is 1. The summed E-state index contributed by atoms with van der Waals surface area (Å²) in [6, 6.07) is 0. The molecule has 1 aliphatic rings. The fourth-order valence-electron chi connectivity index (χ4n) is 1.74. The van der Waals surface area contributed by atoms with Gasteiger partial charge in [0.25, 0.3) is 0 Å². The molecule has 2 unspecified atom stereocenters. The number of aliphatic hydroxyl groups is 1. The van der Waals surface area contributed by atoms with Crippen molar-refractivity contribution >= 4 is 0 Å². The molecule has 5 heteroatoms. The number of aliphatic hydroxyl groups excluding tert-OH is 1. The Morgan fingerprint density at radius 1 is 1.50 bits per heavy atom. The van der Waals surface area contributed by atoms with E-state index < -0.39 is 6.10 Å². The largest absolute Gasteiger partial charge is 0.388 e. The first kappa shape index (κ1) is 13.9. The zero-order valence-electron chi connectivity index (χ0n) is 10.4. The van der Waals surface area contributed by atoms with Crippen molar-refractivity contribution in [2.24, 2.45) is 0 Å². The molecule has 0 aromatic rings. The van der Waals surface area contributed by atoms with Crippen molar-refractivity contribution in [2.75, 3.05) is 40.0 Å². The van der Waals surface area contributed by atoms with Crippen LogP contribution in [0.4, 0.5) is 0 Å². The van der Waals surface area contributed by atoms with Gasteiger partial charge in [-0.1, -0.05) is 0 Å². The summed E-state index contributed by atoms with van der Waals surface area (Å²) in [7, 11) is 1.56. The van der Waals surface area contributed by atoms with Crippen LogP contribution in [0.15, 0.2) is 0 Å². The Balaban J connectivity index is 2.13. The minimum atomic E-state index is -0.561. The Hall–Kier alpha value is -0.200. The van der Waals surface area contributed by atoms with Gasteiger partial charge in [-0.15, -0.1) is 0 Å². The Morgan fingerprint density at radius 2 is 2.25 bits per heavy atom. The highest BCUT2D eigenvalue weighted by atomic mass is 16.6. The van der Waals surface area contributed by atoms with E-state index in [1.807, 2.05) is 13.8 Å². The van der Waals surface area contributed by atoms with Crippen molar-refractivity contribution in [3.8, 4) is 0 Å². The van der Waals surface area contributed by atoms with Crippen molar-refractivity contribution in [2.45, 2.75) is 31.7 Å². The van der Waals surface area contributed by atoms with Crippen molar-refractivity contribution in [1.82, 2.24) is 5.32 Å². The number of methoxy groups -OCH3 is 1. The summed E-state index contributed by atoms with van der Waals surface area (Å²) in [5.41, 5.74) is -0.141. The van der Waals surface area contributed by atoms with Gasteiger partial charge in [-0.05, 0) is 13.8 Å². The Kier molecular flexibility index (Phi) is 5.64. The van der Waals surface area contributed by atoms with Crippen LogP contribution >= 0.6 is 0 Å². The van der Waals surface area contributed by atoms with Gasteiger partial charge >= 0.3 is 0 Å². The van der Waals surface area contributed by atoms with Crippen molar-refractivity contribution in [1.29, 1.82) is 0 Å². The molecule has 16 heavy (non-hydrogen) atoms. The van der Waals surface area contributed by atoms with E-state index in [9.17, 15) is 5.11 Å². The lowest BCUT2D eigenvalue weighted by molar-refractivity contribution is -0.127. The monoisotopic (exact) mass is 233 g/mol. The average molecular weight is 233 g/mol. The van der Waals surface area contributed by atoms with E-state index in [2.05, 4.69) is 5.32 Å². The minimum absolute atomic E-state index is 0.0542. The van der Waals surface area contributed by atoms with E-state index in [-0.39, 0.29) is 18.3 Å². The molecule has 1 aliphatic heterocycles. The van der Waals surface area contributed by atoms with Crippen molar-refractivity contribution in [3.05, 3.63) is 0 Å². The first-order valence-electron chi connectivity index (χ1n) is 5.67. The molecule has 0 bridgehead atoms. The summed E-state index contributed by atoms with van der Waals surface area (Å²) in [5.74, 6) is 0. The van der Waals surface area contributed by atoms with Gasteiger partial charge < -0.3 is 24.6 Å². The molecule has 96 valence electrons. The number of rotatable bonds is 6. The van der Waals surface area contributed by atoms with E-state index in [4.69, 9.17) is 14.2 Å². The SMILES string of the molecule is COCC(O)COCC1CNCC(C)(C)O1. The first-order valence-corrected chi connectivity index (χ1v) is 5.67. The van der Waals surface area contributed by atoms with Crippen LogP contribution in [-0.4, -0.2) is 62.9 Å². The van der Waals surface area contributed by atoms with E-state index in [0.29, 0.717) is 13.2 Å². The lowest BCUT2D eigenvalue weighted by atomic mass is 10.1. The number of morpholine rings is 1. The highest BCUT2D eigenvalue weighted by Crippen LogP contribution is 2.15. The van der Waals surface area contributed by atoms with Gasteiger partial charge in [-0.25, -0.2) is 0 Å². The molecule has 0 spiro atoms. The van der Waals surface area contributed by atoms with Gasteiger partial charge in [0.15, 0.2) is 0 Å². The number of ether oxygens (including phenoxy) is 3. The molecule has 1 fully saturated rings. The molecule has 0 saturated carbocycles. The molecule has 1 rings (SSSR count). The quantitative estimate of drug-likeness (QED) is 0.664. The third kappa shape index (κ3) is 5.23. The van der Waals surface area contributed by atoms with Crippen LogP contribution in [0.3, 0.4) is 0 Å². The summed E-state index contributed by atoms with van der Waals surface area (Å²) >= 11 is 0. The summed E-state index contributed by atoms with van der Waals surface area (Å²) < 4.78 is 16.0. The molecular formula is C11H23NO4. The van der Waals surface area contributed by atoms with Crippen LogP contribution in [0, 0.1) is 0 Å². The second-order valence-electron chi connectivity index (χ2n) is 4.78. The van der Waals surface area contributed by atoms with Crippen LogP contribution in [0.5, 0.6) is 0 Å². The third-order valence-electron chi connectivity index (χ3n) is 2.38.